The van der Waals surface area contributed by atoms with Gasteiger partial charge in [-0.25, -0.2) is 4.79 Å². The van der Waals surface area contributed by atoms with Crippen molar-refractivity contribution >= 4 is 16.9 Å². The quantitative estimate of drug-likeness (QED) is 0.738. The van der Waals surface area contributed by atoms with E-state index in [0.29, 0.717) is 18.0 Å². The van der Waals surface area contributed by atoms with Crippen molar-refractivity contribution in [3.8, 4) is 5.75 Å². The molecule has 0 spiro atoms. The minimum atomic E-state index is -1.09. The van der Waals surface area contributed by atoms with Crippen LogP contribution in [0.4, 0.5) is 0 Å². The molecule has 1 aromatic carbocycles. The lowest BCUT2D eigenvalue weighted by molar-refractivity contribution is 0.0697. The van der Waals surface area contributed by atoms with Crippen LogP contribution in [0.1, 0.15) is 52.6 Å². The topological polar surface area (TPSA) is 89.6 Å². The molecule has 1 fully saturated rings. The van der Waals surface area contributed by atoms with E-state index in [1.54, 1.807) is 6.92 Å². The van der Waals surface area contributed by atoms with Gasteiger partial charge >= 0.3 is 5.97 Å². The number of carboxylic acids is 1. The van der Waals surface area contributed by atoms with Crippen LogP contribution in [0.3, 0.4) is 0 Å². The Morgan fingerprint density at radius 1 is 1.30 bits per heavy atom. The molecule has 6 heteroatoms. The van der Waals surface area contributed by atoms with Gasteiger partial charge in [-0.1, -0.05) is 6.07 Å². The van der Waals surface area contributed by atoms with E-state index in [2.05, 4.69) is 4.98 Å². The third kappa shape index (κ3) is 3.07. The van der Waals surface area contributed by atoms with Gasteiger partial charge in [0.05, 0.1) is 17.6 Å². The number of hydrogen-bond donors (Lipinski definition) is 1. The van der Waals surface area contributed by atoms with E-state index >= 15 is 0 Å². The van der Waals surface area contributed by atoms with Gasteiger partial charge in [-0.15, -0.1) is 0 Å². The smallest absolute Gasteiger partial charge is 0.335 e. The number of aryl methyl sites for hydroxylation is 1. The first-order valence-corrected chi connectivity index (χ1v) is 8.89. The Labute approximate surface area is 155 Å². The predicted octanol–water partition coefficient (Wildman–Crippen LogP) is 3.86. The lowest BCUT2D eigenvalue weighted by Crippen LogP contribution is -2.12. The molecule has 2 aromatic heterocycles. The fraction of sp³-hybridized carbons (Fsp3) is 0.286. The Morgan fingerprint density at radius 3 is 2.78 bits per heavy atom. The molecule has 0 unspecified atom stereocenters. The van der Waals surface area contributed by atoms with Crippen LogP contribution in [0.5, 0.6) is 5.75 Å². The van der Waals surface area contributed by atoms with Crippen LogP contribution < -0.4 is 10.2 Å². The molecule has 1 aliphatic rings. The number of pyridine rings is 1. The van der Waals surface area contributed by atoms with E-state index in [1.165, 1.54) is 18.2 Å². The molecule has 1 aliphatic carbocycles. The molecule has 2 atom stereocenters. The van der Waals surface area contributed by atoms with Crippen LogP contribution in [0, 0.1) is 6.92 Å². The van der Waals surface area contributed by atoms with E-state index in [4.69, 9.17) is 9.15 Å². The van der Waals surface area contributed by atoms with Gasteiger partial charge < -0.3 is 14.3 Å². The number of ether oxygens (including phenoxy) is 1. The zero-order valence-electron chi connectivity index (χ0n) is 15.1. The number of carbonyl (C=O) groups is 1. The molecule has 138 valence electrons. The molecule has 0 bridgehead atoms. The molecule has 0 saturated heterocycles. The van der Waals surface area contributed by atoms with Gasteiger partial charge in [-0.2, -0.15) is 0 Å². The molecule has 1 saturated carbocycles. The van der Waals surface area contributed by atoms with Gasteiger partial charge in [0.1, 0.15) is 5.58 Å². The number of benzene rings is 1. The SMILES string of the molecule is CCOc1c([C@@H]2C[C@H]2c2ccc(C)cn2)oc2ccc(C(=O)O)cc2c1=O. The third-order valence-corrected chi connectivity index (χ3v) is 4.85. The summed E-state index contributed by atoms with van der Waals surface area (Å²) in [5.41, 5.74) is 2.14. The molecule has 27 heavy (non-hydrogen) atoms. The molecule has 6 nitrogen and oxygen atoms in total. The second kappa shape index (κ2) is 6.54. The average Bonchev–Trinajstić information content (AvgIpc) is 3.45. The molecule has 1 N–H and O–H groups in total. The number of fused-ring (bicyclic) bond motifs is 1. The van der Waals surface area contributed by atoms with Crippen LogP contribution in [0.15, 0.2) is 45.7 Å². The van der Waals surface area contributed by atoms with Crippen LogP contribution >= 0.6 is 0 Å². The number of rotatable bonds is 5. The summed E-state index contributed by atoms with van der Waals surface area (Å²) >= 11 is 0. The van der Waals surface area contributed by atoms with Gasteiger partial charge in [0.15, 0.2) is 5.76 Å². The largest absolute Gasteiger partial charge is 0.487 e. The Morgan fingerprint density at radius 2 is 2.11 bits per heavy atom. The Balaban J connectivity index is 1.79. The Bertz CT molecular complexity index is 1080. The summed E-state index contributed by atoms with van der Waals surface area (Å²) in [5.74, 6) is -0.190. The van der Waals surface area contributed by atoms with Crippen molar-refractivity contribution in [2.24, 2.45) is 0 Å². The zero-order valence-corrected chi connectivity index (χ0v) is 15.1. The standard InChI is InChI=1S/C21H19NO5/c1-3-26-20-18(23)15-8-12(21(24)25)5-7-17(15)27-19(20)14-9-13(14)16-6-4-11(2)10-22-16/h4-8,10,13-14H,3,9H2,1-2H3,(H,24,25)/t13-,14-/m1/s1. The van der Waals surface area contributed by atoms with Crippen LogP contribution in [0.2, 0.25) is 0 Å². The van der Waals surface area contributed by atoms with Gasteiger partial charge in [0, 0.05) is 23.7 Å². The highest BCUT2D eigenvalue weighted by atomic mass is 16.5. The maximum absolute atomic E-state index is 12.9. The third-order valence-electron chi connectivity index (χ3n) is 4.85. The fourth-order valence-corrected chi connectivity index (χ4v) is 3.36. The maximum Gasteiger partial charge on any atom is 0.335 e. The summed E-state index contributed by atoms with van der Waals surface area (Å²) in [6.07, 6.45) is 2.66. The zero-order chi connectivity index (χ0) is 19.1. The molecule has 3 aromatic rings. The molecular weight excluding hydrogens is 346 g/mol. The van der Waals surface area contributed by atoms with Crippen LogP contribution in [0.25, 0.3) is 11.0 Å². The molecule has 4 rings (SSSR count). The van der Waals surface area contributed by atoms with Crippen LogP contribution in [-0.4, -0.2) is 22.7 Å². The summed E-state index contributed by atoms with van der Waals surface area (Å²) in [6, 6.07) is 8.32. The average molecular weight is 365 g/mol. The number of carboxylic acid groups (broad SMARTS) is 1. The highest BCUT2D eigenvalue weighted by Crippen LogP contribution is 2.56. The predicted molar refractivity (Wildman–Crippen MR) is 99.7 cm³/mol. The molecule has 2 heterocycles. The van der Waals surface area contributed by atoms with E-state index in [-0.39, 0.29) is 34.0 Å². The highest BCUT2D eigenvalue weighted by Gasteiger charge is 2.45. The maximum atomic E-state index is 12.9. The summed E-state index contributed by atoms with van der Waals surface area (Å²) in [5, 5.41) is 9.39. The molecule has 0 amide bonds. The normalized spacial score (nSPS) is 18.4. The summed E-state index contributed by atoms with van der Waals surface area (Å²) in [4.78, 5) is 28.6. The van der Waals surface area contributed by atoms with Gasteiger partial charge in [0.25, 0.3) is 0 Å². The second-order valence-electron chi connectivity index (χ2n) is 6.78. The lowest BCUT2D eigenvalue weighted by Gasteiger charge is -2.10. The van der Waals surface area contributed by atoms with Gasteiger partial charge in [-0.3, -0.25) is 9.78 Å². The van der Waals surface area contributed by atoms with Crippen molar-refractivity contribution < 1.29 is 19.1 Å². The van der Waals surface area contributed by atoms with Crippen molar-refractivity contribution in [1.82, 2.24) is 4.98 Å². The molecule has 0 radical (unpaired) electrons. The minimum absolute atomic E-state index is 0.0259. The molecular formula is C21H19NO5. The molecule has 0 aliphatic heterocycles. The summed E-state index contributed by atoms with van der Waals surface area (Å²) in [6.45, 7) is 4.11. The minimum Gasteiger partial charge on any atom is -0.487 e. The van der Waals surface area contributed by atoms with Gasteiger partial charge in [-0.05, 0) is 50.1 Å². The van der Waals surface area contributed by atoms with Crippen molar-refractivity contribution in [2.45, 2.75) is 32.1 Å². The first-order valence-electron chi connectivity index (χ1n) is 8.89. The number of aromatic carboxylic acids is 1. The van der Waals surface area contributed by atoms with Gasteiger partial charge in [0.2, 0.25) is 11.2 Å². The van der Waals surface area contributed by atoms with Crippen molar-refractivity contribution in [1.29, 1.82) is 0 Å². The van der Waals surface area contributed by atoms with Crippen molar-refractivity contribution in [2.75, 3.05) is 6.61 Å². The van der Waals surface area contributed by atoms with E-state index in [9.17, 15) is 14.7 Å². The lowest BCUT2D eigenvalue weighted by atomic mass is 10.1. The Hall–Kier alpha value is -3.15. The van der Waals surface area contributed by atoms with Crippen molar-refractivity contribution in [3.63, 3.8) is 0 Å². The number of aromatic nitrogens is 1. The second-order valence-corrected chi connectivity index (χ2v) is 6.78. The fourth-order valence-electron chi connectivity index (χ4n) is 3.36. The van der Waals surface area contributed by atoms with Crippen LogP contribution in [-0.2, 0) is 0 Å². The van der Waals surface area contributed by atoms with E-state index < -0.39 is 5.97 Å². The number of hydrogen-bond acceptors (Lipinski definition) is 5. The van der Waals surface area contributed by atoms with E-state index in [1.807, 2.05) is 25.3 Å². The monoisotopic (exact) mass is 365 g/mol. The number of nitrogens with zero attached hydrogens (tertiary/aromatic N) is 1. The van der Waals surface area contributed by atoms with E-state index in [0.717, 1.165) is 17.7 Å². The Kier molecular flexibility index (Phi) is 4.18. The highest BCUT2D eigenvalue weighted by molar-refractivity contribution is 5.93. The van der Waals surface area contributed by atoms with Crippen molar-refractivity contribution in [3.05, 3.63) is 69.3 Å². The first-order chi connectivity index (χ1) is 13.0. The summed E-state index contributed by atoms with van der Waals surface area (Å²) < 4.78 is 11.6. The first kappa shape index (κ1) is 17.3. The summed E-state index contributed by atoms with van der Waals surface area (Å²) in [7, 11) is 0.